The second-order valence-corrected chi connectivity index (χ2v) is 9.98. The second-order valence-electron chi connectivity index (χ2n) is 7.83. The van der Waals surface area contributed by atoms with E-state index in [1.54, 1.807) is 24.3 Å². The van der Waals surface area contributed by atoms with Gasteiger partial charge in [0.2, 0.25) is 10.0 Å². The standard InChI is InChI=1S/C22H29N3O3S/c1-17-12-14-25(15-13-17)20-8-6-19(7-9-20)22(26)23-16-18-4-10-21(11-5-18)29(27,28)24(2)3/h4-11,17H,12-16H2,1-3H3,(H,23,26). The number of hydrogen-bond donors (Lipinski definition) is 1. The third-order valence-corrected chi connectivity index (χ3v) is 7.26. The summed E-state index contributed by atoms with van der Waals surface area (Å²) in [4.78, 5) is 15.0. The van der Waals surface area contributed by atoms with Crippen molar-refractivity contribution in [1.82, 2.24) is 9.62 Å². The zero-order chi connectivity index (χ0) is 21.0. The monoisotopic (exact) mass is 415 g/mol. The Morgan fingerprint density at radius 2 is 1.62 bits per heavy atom. The molecule has 0 saturated carbocycles. The molecule has 0 aliphatic carbocycles. The predicted molar refractivity (Wildman–Crippen MR) is 116 cm³/mol. The first-order chi connectivity index (χ1) is 13.8. The minimum Gasteiger partial charge on any atom is -0.372 e. The first-order valence-corrected chi connectivity index (χ1v) is 11.4. The largest absolute Gasteiger partial charge is 0.372 e. The van der Waals surface area contributed by atoms with Gasteiger partial charge in [-0.1, -0.05) is 19.1 Å². The third-order valence-electron chi connectivity index (χ3n) is 5.43. The summed E-state index contributed by atoms with van der Waals surface area (Å²) in [5.41, 5.74) is 2.62. The minimum absolute atomic E-state index is 0.145. The molecule has 1 aliphatic heterocycles. The molecule has 0 atom stereocenters. The number of piperidine rings is 1. The van der Waals surface area contributed by atoms with E-state index < -0.39 is 10.0 Å². The van der Waals surface area contributed by atoms with Crippen LogP contribution in [-0.4, -0.2) is 45.8 Å². The number of rotatable bonds is 6. The van der Waals surface area contributed by atoms with Crippen molar-refractivity contribution in [2.45, 2.75) is 31.2 Å². The van der Waals surface area contributed by atoms with Crippen LogP contribution in [0.15, 0.2) is 53.4 Å². The van der Waals surface area contributed by atoms with Gasteiger partial charge in [0.15, 0.2) is 0 Å². The van der Waals surface area contributed by atoms with E-state index in [1.807, 2.05) is 24.3 Å². The molecule has 0 spiro atoms. The van der Waals surface area contributed by atoms with Crippen LogP contribution in [0.3, 0.4) is 0 Å². The fourth-order valence-corrected chi connectivity index (χ4v) is 4.27. The molecule has 0 aromatic heterocycles. The fraction of sp³-hybridized carbons (Fsp3) is 0.409. The van der Waals surface area contributed by atoms with Crippen LogP contribution in [-0.2, 0) is 16.6 Å². The summed E-state index contributed by atoms with van der Waals surface area (Å²) < 4.78 is 25.4. The molecule has 1 amide bonds. The molecule has 0 unspecified atom stereocenters. The summed E-state index contributed by atoms with van der Waals surface area (Å²) in [6.07, 6.45) is 2.41. The Morgan fingerprint density at radius 1 is 1.03 bits per heavy atom. The topological polar surface area (TPSA) is 69.7 Å². The van der Waals surface area contributed by atoms with E-state index in [2.05, 4.69) is 17.1 Å². The second kappa shape index (κ2) is 8.97. The SMILES string of the molecule is CC1CCN(c2ccc(C(=O)NCc3ccc(S(=O)(=O)N(C)C)cc3)cc2)CC1. The summed E-state index contributed by atoms with van der Waals surface area (Å²) in [5, 5.41) is 2.89. The van der Waals surface area contributed by atoms with Gasteiger partial charge in [-0.3, -0.25) is 4.79 Å². The van der Waals surface area contributed by atoms with Crippen LogP contribution in [0.4, 0.5) is 5.69 Å². The lowest BCUT2D eigenvalue weighted by molar-refractivity contribution is 0.0951. The summed E-state index contributed by atoms with van der Waals surface area (Å²) in [5.74, 6) is 0.641. The fourth-order valence-electron chi connectivity index (χ4n) is 3.36. The summed E-state index contributed by atoms with van der Waals surface area (Å²) in [6.45, 7) is 4.75. The van der Waals surface area contributed by atoms with E-state index >= 15 is 0 Å². The van der Waals surface area contributed by atoms with Crippen molar-refractivity contribution in [3.8, 4) is 0 Å². The first-order valence-electron chi connectivity index (χ1n) is 9.92. The Labute approximate surface area is 173 Å². The van der Waals surface area contributed by atoms with Crippen molar-refractivity contribution >= 4 is 21.6 Å². The van der Waals surface area contributed by atoms with Crippen LogP contribution in [0, 0.1) is 5.92 Å². The van der Waals surface area contributed by atoms with Gasteiger partial charge in [0.05, 0.1) is 4.90 Å². The van der Waals surface area contributed by atoms with Gasteiger partial charge in [-0.25, -0.2) is 12.7 Å². The van der Waals surface area contributed by atoms with Crippen LogP contribution < -0.4 is 10.2 Å². The molecular formula is C22H29N3O3S. The molecular weight excluding hydrogens is 386 g/mol. The highest BCUT2D eigenvalue weighted by Crippen LogP contribution is 2.23. The van der Waals surface area contributed by atoms with Crippen LogP contribution >= 0.6 is 0 Å². The number of carbonyl (C=O) groups is 1. The normalized spacial score (nSPS) is 15.5. The predicted octanol–water partition coefficient (Wildman–Crippen LogP) is 3.10. The maximum absolute atomic E-state index is 12.4. The molecule has 6 nitrogen and oxygen atoms in total. The van der Waals surface area contributed by atoms with Crippen molar-refractivity contribution in [2.24, 2.45) is 5.92 Å². The summed E-state index contributed by atoms with van der Waals surface area (Å²) >= 11 is 0. The Hall–Kier alpha value is -2.38. The van der Waals surface area contributed by atoms with Gasteiger partial charge in [-0.15, -0.1) is 0 Å². The van der Waals surface area contributed by atoms with Crippen LogP contribution in [0.25, 0.3) is 0 Å². The van der Waals surface area contributed by atoms with E-state index in [1.165, 1.54) is 31.2 Å². The molecule has 1 fully saturated rings. The van der Waals surface area contributed by atoms with Crippen molar-refractivity contribution in [1.29, 1.82) is 0 Å². The lowest BCUT2D eigenvalue weighted by Gasteiger charge is -2.32. The zero-order valence-electron chi connectivity index (χ0n) is 17.3. The minimum atomic E-state index is -3.44. The average Bonchev–Trinajstić information content (AvgIpc) is 2.73. The molecule has 2 aromatic rings. The average molecular weight is 416 g/mol. The highest BCUT2D eigenvalue weighted by atomic mass is 32.2. The Morgan fingerprint density at radius 3 is 2.17 bits per heavy atom. The van der Waals surface area contributed by atoms with Gasteiger partial charge < -0.3 is 10.2 Å². The van der Waals surface area contributed by atoms with E-state index in [-0.39, 0.29) is 10.8 Å². The Balaban J connectivity index is 1.57. The lowest BCUT2D eigenvalue weighted by Crippen LogP contribution is -2.32. The highest BCUT2D eigenvalue weighted by molar-refractivity contribution is 7.89. The van der Waals surface area contributed by atoms with Gasteiger partial charge in [0.1, 0.15) is 0 Å². The molecule has 156 valence electrons. The molecule has 1 heterocycles. The maximum atomic E-state index is 12.4. The molecule has 29 heavy (non-hydrogen) atoms. The van der Waals surface area contributed by atoms with Crippen molar-refractivity contribution < 1.29 is 13.2 Å². The summed E-state index contributed by atoms with van der Waals surface area (Å²) in [6, 6.07) is 14.3. The van der Waals surface area contributed by atoms with E-state index in [0.29, 0.717) is 12.1 Å². The molecule has 2 aromatic carbocycles. The zero-order valence-corrected chi connectivity index (χ0v) is 18.1. The van der Waals surface area contributed by atoms with Crippen molar-refractivity contribution in [3.63, 3.8) is 0 Å². The van der Waals surface area contributed by atoms with Gasteiger partial charge in [0.25, 0.3) is 5.91 Å². The van der Waals surface area contributed by atoms with Gasteiger partial charge in [-0.05, 0) is 60.7 Å². The summed E-state index contributed by atoms with van der Waals surface area (Å²) in [7, 11) is -0.441. The highest BCUT2D eigenvalue weighted by Gasteiger charge is 2.17. The first kappa shape index (κ1) is 21.3. The van der Waals surface area contributed by atoms with E-state index in [4.69, 9.17) is 0 Å². The van der Waals surface area contributed by atoms with Crippen molar-refractivity contribution in [3.05, 3.63) is 59.7 Å². The number of carbonyl (C=O) groups excluding carboxylic acids is 1. The molecule has 1 aliphatic rings. The van der Waals surface area contributed by atoms with Crippen LogP contribution in [0.5, 0.6) is 0 Å². The Bertz CT molecular complexity index is 930. The molecule has 0 radical (unpaired) electrons. The molecule has 7 heteroatoms. The van der Waals surface area contributed by atoms with Gasteiger partial charge >= 0.3 is 0 Å². The molecule has 1 N–H and O–H groups in total. The third kappa shape index (κ3) is 5.16. The number of nitrogens with zero attached hydrogens (tertiary/aromatic N) is 2. The lowest BCUT2D eigenvalue weighted by atomic mass is 9.98. The van der Waals surface area contributed by atoms with Crippen LogP contribution in [0.2, 0.25) is 0 Å². The number of hydrogen-bond acceptors (Lipinski definition) is 4. The van der Waals surface area contributed by atoms with E-state index in [9.17, 15) is 13.2 Å². The quantitative estimate of drug-likeness (QED) is 0.787. The molecule has 0 bridgehead atoms. The molecule has 3 rings (SSSR count). The van der Waals surface area contributed by atoms with Crippen LogP contribution in [0.1, 0.15) is 35.7 Å². The number of benzene rings is 2. The number of anilines is 1. The number of amides is 1. The number of nitrogens with one attached hydrogen (secondary N) is 1. The van der Waals surface area contributed by atoms with Gasteiger partial charge in [0, 0.05) is 45.0 Å². The van der Waals surface area contributed by atoms with Crippen molar-refractivity contribution in [2.75, 3.05) is 32.1 Å². The van der Waals surface area contributed by atoms with Gasteiger partial charge in [-0.2, -0.15) is 0 Å². The Kier molecular flexibility index (Phi) is 6.59. The smallest absolute Gasteiger partial charge is 0.251 e. The number of sulfonamides is 1. The molecule has 1 saturated heterocycles. The maximum Gasteiger partial charge on any atom is 0.251 e. The van der Waals surface area contributed by atoms with E-state index in [0.717, 1.165) is 30.3 Å².